The van der Waals surface area contributed by atoms with Crippen LogP contribution in [-0.4, -0.2) is 10.9 Å². The van der Waals surface area contributed by atoms with Gasteiger partial charge in [0.05, 0.1) is 0 Å². The molecule has 0 fully saturated rings. The Kier molecular flexibility index (Phi) is 5.80. The summed E-state index contributed by atoms with van der Waals surface area (Å²) in [5.74, 6) is -0.450. The van der Waals surface area contributed by atoms with Crippen LogP contribution >= 0.6 is 11.3 Å². The summed E-state index contributed by atoms with van der Waals surface area (Å²) < 4.78 is 0. The number of carbonyl (C=O) groups is 1. The van der Waals surface area contributed by atoms with Crippen LogP contribution in [0.15, 0.2) is 60.3 Å². The zero-order valence-corrected chi connectivity index (χ0v) is 16.0. The van der Waals surface area contributed by atoms with Crippen molar-refractivity contribution in [1.82, 2.24) is 4.98 Å². The molecular formula is C22H19N3OS. The Balaban J connectivity index is 1.68. The van der Waals surface area contributed by atoms with Gasteiger partial charge in [-0.15, -0.1) is 11.3 Å². The normalized spacial score (nSPS) is 11.1. The molecule has 0 spiro atoms. The maximum absolute atomic E-state index is 12.4. The molecule has 2 aromatic carbocycles. The first-order valence-electron chi connectivity index (χ1n) is 8.53. The van der Waals surface area contributed by atoms with Crippen molar-refractivity contribution in [2.75, 3.05) is 5.32 Å². The van der Waals surface area contributed by atoms with E-state index in [1.54, 1.807) is 12.3 Å². The smallest absolute Gasteiger partial charge is 0.268 e. The molecular weight excluding hydrogens is 354 g/mol. The minimum absolute atomic E-state index is 0.0501. The van der Waals surface area contributed by atoms with Crippen LogP contribution in [0.2, 0.25) is 0 Å². The molecule has 0 bridgehead atoms. The standard InChI is InChI=1S/C22H19N3OS/c1-15-3-7-17(8-4-15)11-19(13-23)21(26)25-22-24-14-20(27-22)12-18-9-5-16(2)6-10-18/h3-11,14H,12H2,1-2H3,(H,24,25,26). The van der Waals surface area contributed by atoms with E-state index in [9.17, 15) is 10.1 Å². The molecule has 0 atom stereocenters. The lowest BCUT2D eigenvalue weighted by atomic mass is 10.1. The van der Waals surface area contributed by atoms with Crippen molar-refractivity contribution in [3.63, 3.8) is 0 Å². The van der Waals surface area contributed by atoms with E-state index in [-0.39, 0.29) is 5.57 Å². The first-order valence-corrected chi connectivity index (χ1v) is 9.35. The van der Waals surface area contributed by atoms with Crippen LogP contribution in [0.1, 0.15) is 27.1 Å². The molecule has 4 nitrogen and oxygen atoms in total. The van der Waals surface area contributed by atoms with Gasteiger partial charge in [0.25, 0.3) is 5.91 Å². The second kappa shape index (κ2) is 8.43. The lowest BCUT2D eigenvalue weighted by Crippen LogP contribution is -2.13. The third-order valence-corrected chi connectivity index (χ3v) is 4.94. The molecule has 0 aliphatic rings. The van der Waals surface area contributed by atoms with Crippen molar-refractivity contribution >= 4 is 28.5 Å². The van der Waals surface area contributed by atoms with Crippen molar-refractivity contribution in [3.8, 4) is 6.07 Å². The molecule has 1 amide bonds. The van der Waals surface area contributed by atoms with Gasteiger partial charge >= 0.3 is 0 Å². The molecule has 0 saturated carbocycles. The first kappa shape index (κ1) is 18.6. The highest BCUT2D eigenvalue weighted by atomic mass is 32.1. The van der Waals surface area contributed by atoms with Gasteiger partial charge in [-0.1, -0.05) is 59.7 Å². The van der Waals surface area contributed by atoms with Crippen LogP contribution in [-0.2, 0) is 11.2 Å². The summed E-state index contributed by atoms with van der Waals surface area (Å²) in [6, 6.07) is 17.9. The SMILES string of the molecule is Cc1ccc(C=C(C#N)C(=O)Nc2ncc(Cc3ccc(C)cc3)s2)cc1. The second-order valence-corrected chi connectivity index (χ2v) is 7.44. The maximum Gasteiger partial charge on any atom is 0.268 e. The van der Waals surface area contributed by atoms with Crippen LogP contribution in [0, 0.1) is 25.2 Å². The number of hydrogen-bond donors (Lipinski definition) is 1. The molecule has 0 aliphatic heterocycles. The highest BCUT2D eigenvalue weighted by molar-refractivity contribution is 7.15. The Labute approximate surface area is 162 Å². The Bertz CT molecular complexity index is 1010. The molecule has 1 aromatic heterocycles. The molecule has 0 aliphatic carbocycles. The minimum Gasteiger partial charge on any atom is -0.297 e. The fraction of sp³-hybridized carbons (Fsp3) is 0.136. The van der Waals surface area contributed by atoms with Crippen molar-refractivity contribution < 1.29 is 4.79 Å². The Hall–Kier alpha value is -3.23. The predicted molar refractivity (Wildman–Crippen MR) is 109 cm³/mol. The van der Waals surface area contributed by atoms with Crippen LogP contribution < -0.4 is 5.32 Å². The molecule has 1 heterocycles. The maximum atomic E-state index is 12.4. The highest BCUT2D eigenvalue weighted by Crippen LogP contribution is 2.22. The summed E-state index contributed by atoms with van der Waals surface area (Å²) in [5, 5.41) is 12.5. The zero-order chi connectivity index (χ0) is 19.2. The van der Waals surface area contributed by atoms with E-state index in [0.717, 1.165) is 22.4 Å². The topological polar surface area (TPSA) is 65.8 Å². The predicted octanol–water partition coefficient (Wildman–Crippen LogP) is 4.90. The number of thiazole rings is 1. The zero-order valence-electron chi connectivity index (χ0n) is 15.2. The van der Waals surface area contributed by atoms with E-state index in [1.165, 1.54) is 22.5 Å². The molecule has 3 aromatic rings. The Morgan fingerprint density at radius 3 is 2.37 bits per heavy atom. The number of nitriles is 1. The Morgan fingerprint density at radius 1 is 1.11 bits per heavy atom. The van der Waals surface area contributed by atoms with Gasteiger partial charge in [-0.05, 0) is 31.1 Å². The number of nitrogens with one attached hydrogen (secondary N) is 1. The fourth-order valence-electron chi connectivity index (χ4n) is 2.50. The third-order valence-electron chi connectivity index (χ3n) is 4.03. The van der Waals surface area contributed by atoms with E-state index in [1.807, 2.05) is 37.3 Å². The van der Waals surface area contributed by atoms with Crippen LogP contribution in [0.25, 0.3) is 6.08 Å². The van der Waals surface area contributed by atoms with E-state index >= 15 is 0 Å². The van der Waals surface area contributed by atoms with E-state index < -0.39 is 5.91 Å². The average molecular weight is 373 g/mol. The summed E-state index contributed by atoms with van der Waals surface area (Å²) >= 11 is 1.42. The van der Waals surface area contributed by atoms with Gasteiger partial charge in [-0.25, -0.2) is 4.98 Å². The number of rotatable bonds is 5. The monoisotopic (exact) mass is 373 g/mol. The number of nitrogens with zero attached hydrogens (tertiary/aromatic N) is 2. The van der Waals surface area contributed by atoms with Crippen LogP contribution in [0.4, 0.5) is 5.13 Å². The summed E-state index contributed by atoms with van der Waals surface area (Å²) in [6.07, 6.45) is 4.10. The highest BCUT2D eigenvalue weighted by Gasteiger charge is 2.12. The molecule has 0 saturated heterocycles. The largest absolute Gasteiger partial charge is 0.297 e. The van der Waals surface area contributed by atoms with Crippen molar-refractivity contribution in [2.45, 2.75) is 20.3 Å². The number of carbonyl (C=O) groups excluding carboxylic acids is 1. The quantitative estimate of drug-likeness (QED) is 0.511. The number of benzene rings is 2. The van der Waals surface area contributed by atoms with Gasteiger partial charge in [0.1, 0.15) is 11.6 Å². The molecule has 3 rings (SSSR count). The molecule has 1 N–H and O–H groups in total. The second-order valence-electron chi connectivity index (χ2n) is 6.33. The number of hydrogen-bond acceptors (Lipinski definition) is 4. The summed E-state index contributed by atoms with van der Waals surface area (Å²) in [5.41, 5.74) is 4.40. The van der Waals surface area contributed by atoms with Crippen molar-refractivity contribution in [1.29, 1.82) is 5.26 Å². The average Bonchev–Trinajstić information content (AvgIpc) is 3.10. The van der Waals surface area contributed by atoms with Crippen molar-refractivity contribution in [2.24, 2.45) is 0 Å². The fourth-order valence-corrected chi connectivity index (χ4v) is 3.34. The summed E-state index contributed by atoms with van der Waals surface area (Å²) in [4.78, 5) is 17.7. The molecule has 0 unspecified atom stereocenters. The number of amides is 1. The molecule has 134 valence electrons. The summed E-state index contributed by atoms with van der Waals surface area (Å²) in [7, 11) is 0. The molecule has 27 heavy (non-hydrogen) atoms. The number of aryl methyl sites for hydroxylation is 2. The molecule has 5 heteroatoms. The Morgan fingerprint density at radius 2 is 1.74 bits per heavy atom. The van der Waals surface area contributed by atoms with Gasteiger partial charge in [0.2, 0.25) is 0 Å². The van der Waals surface area contributed by atoms with E-state index in [4.69, 9.17) is 0 Å². The van der Waals surface area contributed by atoms with Crippen LogP contribution in [0.5, 0.6) is 0 Å². The minimum atomic E-state index is -0.450. The van der Waals surface area contributed by atoms with Gasteiger partial charge < -0.3 is 0 Å². The van der Waals surface area contributed by atoms with Crippen LogP contribution in [0.3, 0.4) is 0 Å². The van der Waals surface area contributed by atoms with Gasteiger partial charge in [0, 0.05) is 17.5 Å². The van der Waals surface area contributed by atoms with Crippen molar-refractivity contribution in [3.05, 3.63) is 87.4 Å². The van der Waals surface area contributed by atoms with Gasteiger partial charge in [-0.2, -0.15) is 5.26 Å². The van der Waals surface area contributed by atoms with E-state index in [0.29, 0.717) is 5.13 Å². The number of anilines is 1. The van der Waals surface area contributed by atoms with Gasteiger partial charge in [0.15, 0.2) is 5.13 Å². The lowest BCUT2D eigenvalue weighted by Gasteiger charge is -2.01. The van der Waals surface area contributed by atoms with Gasteiger partial charge in [-0.3, -0.25) is 10.1 Å². The lowest BCUT2D eigenvalue weighted by molar-refractivity contribution is -0.112. The molecule has 0 radical (unpaired) electrons. The van der Waals surface area contributed by atoms with E-state index in [2.05, 4.69) is 41.5 Å². The summed E-state index contributed by atoms with van der Waals surface area (Å²) in [6.45, 7) is 4.04. The number of aromatic nitrogens is 1. The third kappa shape index (κ3) is 5.13. The first-order chi connectivity index (χ1) is 13.0.